The first-order valence-corrected chi connectivity index (χ1v) is 5.30. The van der Waals surface area contributed by atoms with E-state index in [1.807, 2.05) is 0 Å². The predicted molar refractivity (Wildman–Crippen MR) is 61.2 cm³/mol. The first kappa shape index (κ1) is 11.3. The first-order chi connectivity index (χ1) is 8.15. The minimum absolute atomic E-state index is 0.0815. The molecule has 1 aliphatic rings. The van der Waals surface area contributed by atoms with E-state index in [0.29, 0.717) is 17.7 Å². The largest absolute Gasteiger partial charge is 0.480 e. The van der Waals surface area contributed by atoms with Gasteiger partial charge in [0.05, 0.1) is 17.7 Å². The van der Waals surface area contributed by atoms with E-state index in [0.717, 1.165) is 4.90 Å². The molecule has 1 heterocycles. The van der Waals surface area contributed by atoms with E-state index in [9.17, 15) is 9.59 Å². The Morgan fingerprint density at radius 1 is 1.24 bits per heavy atom. The molecule has 0 aromatic heterocycles. The van der Waals surface area contributed by atoms with Crippen LogP contribution in [-0.2, 0) is 4.74 Å². The summed E-state index contributed by atoms with van der Waals surface area (Å²) in [4.78, 5) is 24.8. The van der Waals surface area contributed by atoms with Crippen LogP contribution in [0.4, 0.5) is 0 Å². The van der Waals surface area contributed by atoms with Gasteiger partial charge in [-0.05, 0) is 19.1 Å². The number of benzene rings is 1. The zero-order chi connectivity index (χ0) is 12.4. The zero-order valence-corrected chi connectivity index (χ0v) is 9.40. The molecule has 1 aromatic rings. The lowest BCUT2D eigenvalue weighted by Crippen LogP contribution is -2.35. The van der Waals surface area contributed by atoms with Crippen LogP contribution in [0.2, 0.25) is 0 Å². The molecule has 1 aromatic carbocycles. The van der Waals surface area contributed by atoms with Crippen LogP contribution in [0, 0.1) is 5.41 Å². The monoisotopic (exact) mass is 232 g/mol. The topological polar surface area (TPSA) is 70.5 Å². The lowest BCUT2D eigenvalue weighted by atomic mass is 10.1. The van der Waals surface area contributed by atoms with E-state index in [1.165, 1.54) is 0 Å². The Hall–Kier alpha value is -2.17. The van der Waals surface area contributed by atoms with Crippen molar-refractivity contribution in [1.29, 1.82) is 5.41 Å². The van der Waals surface area contributed by atoms with Crippen molar-refractivity contribution >= 4 is 17.7 Å². The van der Waals surface area contributed by atoms with E-state index >= 15 is 0 Å². The van der Waals surface area contributed by atoms with Crippen molar-refractivity contribution in [1.82, 2.24) is 4.90 Å². The molecule has 2 amide bonds. The number of hydrogen-bond acceptors (Lipinski definition) is 4. The van der Waals surface area contributed by atoms with Crippen LogP contribution >= 0.6 is 0 Å². The molecule has 5 nitrogen and oxygen atoms in total. The first-order valence-electron chi connectivity index (χ1n) is 5.30. The summed E-state index contributed by atoms with van der Waals surface area (Å²) >= 11 is 0. The van der Waals surface area contributed by atoms with E-state index in [-0.39, 0.29) is 24.3 Å². The van der Waals surface area contributed by atoms with Gasteiger partial charge >= 0.3 is 0 Å². The van der Waals surface area contributed by atoms with Gasteiger partial charge in [0, 0.05) is 0 Å². The maximum Gasteiger partial charge on any atom is 0.262 e. The fraction of sp³-hybridized carbons (Fsp3) is 0.250. The van der Waals surface area contributed by atoms with Crippen molar-refractivity contribution in [2.45, 2.75) is 6.92 Å². The number of ether oxygens (including phenoxy) is 1. The summed E-state index contributed by atoms with van der Waals surface area (Å²) < 4.78 is 4.94. The SMILES string of the molecule is CCOC(=N)CN1C(=O)c2ccccc2C1=O. The van der Waals surface area contributed by atoms with Crippen LogP contribution in [0.15, 0.2) is 24.3 Å². The van der Waals surface area contributed by atoms with Gasteiger partial charge in [-0.15, -0.1) is 0 Å². The second-order valence-electron chi connectivity index (χ2n) is 3.60. The van der Waals surface area contributed by atoms with Gasteiger partial charge < -0.3 is 4.74 Å². The molecular weight excluding hydrogens is 220 g/mol. The molecule has 2 rings (SSSR count). The highest BCUT2D eigenvalue weighted by molar-refractivity contribution is 6.22. The Balaban J connectivity index is 2.22. The van der Waals surface area contributed by atoms with Crippen molar-refractivity contribution in [3.63, 3.8) is 0 Å². The number of nitrogens with one attached hydrogen (secondary N) is 1. The molecule has 0 fully saturated rings. The van der Waals surface area contributed by atoms with Crippen LogP contribution in [-0.4, -0.2) is 35.8 Å². The highest BCUT2D eigenvalue weighted by atomic mass is 16.5. The molecule has 5 heteroatoms. The Bertz CT molecular complexity index is 461. The van der Waals surface area contributed by atoms with Crippen molar-refractivity contribution in [3.05, 3.63) is 35.4 Å². The van der Waals surface area contributed by atoms with Gasteiger partial charge in [-0.2, -0.15) is 0 Å². The lowest BCUT2D eigenvalue weighted by molar-refractivity contribution is 0.0667. The summed E-state index contributed by atoms with van der Waals surface area (Å²) in [5, 5.41) is 7.47. The number of hydrogen-bond donors (Lipinski definition) is 1. The number of carbonyl (C=O) groups is 2. The van der Waals surface area contributed by atoms with Crippen LogP contribution in [0.1, 0.15) is 27.6 Å². The van der Waals surface area contributed by atoms with Gasteiger partial charge in [-0.25, -0.2) is 0 Å². The Labute approximate surface area is 98.5 Å². The van der Waals surface area contributed by atoms with Crippen molar-refractivity contribution in [3.8, 4) is 0 Å². The quantitative estimate of drug-likeness (QED) is 0.485. The average molecular weight is 232 g/mol. The molecule has 0 unspecified atom stereocenters. The van der Waals surface area contributed by atoms with Crippen LogP contribution in [0.3, 0.4) is 0 Å². The molecule has 0 aliphatic carbocycles. The molecule has 0 bridgehead atoms. The number of carbonyl (C=O) groups excluding carboxylic acids is 2. The predicted octanol–water partition coefficient (Wildman–Crippen LogP) is 1.30. The number of imide groups is 1. The zero-order valence-electron chi connectivity index (χ0n) is 9.40. The molecule has 1 N–H and O–H groups in total. The summed E-state index contributed by atoms with van der Waals surface area (Å²) in [6.07, 6.45) is 0. The third kappa shape index (κ3) is 1.91. The number of amides is 2. The number of rotatable bonds is 3. The fourth-order valence-corrected chi connectivity index (χ4v) is 1.75. The number of fused-ring (bicyclic) bond motifs is 1. The van der Waals surface area contributed by atoms with Gasteiger partial charge in [-0.3, -0.25) is 19.9 Å². The molecular formula is C12H12N2O3. The van der Waals surface area contributed by atoms with Crippen LogP contribution in [0.25, 0.3) is 0 Å². The van der Waals surface area contributed by atoms with Gasteiger partial charge in [0.15, 0.2) is 0 Å². The second-order valence-corrected chi connectivity index (χ2v) is 3.60. The lowest BCUT2D eigenvalue weighted by Gasteiger charge is -2.14. The molecule has 0 saturated carbocycles. The third-order valence-corrected chi connectivity index (χ3v) is 2.50. The summed E-state index contributed by atoms with van der Waals surface area (Å²) in [5.74, 6) is -0.813. The van der Waals surface area contributed by atoms with E-state index in [2.05, 4.69) is 0 Å². The molecule has 88 valence electrons. The minimum Gasteiger partial charge on any atom is -0.480 e. The summed E-state index contributed by atoms with van der Waals surface area (Å²) in [6, 6.07) is 6.64. The van der Waals surface area contributed by atoms with Crippen molar-refractivity contribution < 1.29 is 14.3 Å². The minimum atomic E-state index is -0.366. The van der Waals surface area contributed by atoms with Crippen molar-refractivity contribution in [2.75, 3.05) is 13.2 Å². The van der Waals surface area contributed by atoms with Crippen LogP contribution < -0.4 is 0 Å². The van der Waals surface area contributed by atoms with Gasteiger partial charge in [0.2, 0.25) is 5.90 Å². The fourth-order valence-electron chi connectivity index (χ4n) is 1.75. The smallest absolute Gasteiger partial charge is 0.262 e. The second kappa shape index (κ2) is 4.37. The van der Waals surface area contributed by atoms with Crippen LogP contribution in [0.5, 0.6) is 0 Å². The summed E-state index contributed by atoms with van der Waals surface area (Å²) in [6.45, 7) is 1.99. The number of nitrogens with zero attached hydrogens (tertiary/aromatic N) is 1. The maximum atomic E-state index is 11.9. The van der Waals surface area contributed by atoms with E-state index in [1.54, 1.807) is 31.2 Å². The molecule has 1 aliphatic heterocycles. The third-order valence-electron chi connectivity index (χ3n) is 2.50. The summed E-state index contributed by atoms with van der Waals surface area (Å²) in [5.41, 5.74) is 0.781. The van der Waals surface area contributed by atoms with Gasteiger partial charge in [0.25, 0.3) is 11.8 Å². The molecule has 17 heavy (non-hydrogen) atoms. The Kier molecular flexibility index (Phi) is 2.91. The van der Waals surface area contributed by atoms with Crippen molar-refractivity contribution in [2.24, 2.45) is 0 Å². The average Bonchev–Trinajstić information content (AvgIpc) is 2.56. The van der Waals surface area contributed by atoms with E-state index < -0.39 is 0 Å². The normalized spacial score (nSPS) is 13.8. The molecule has 0 radical (unpaired) electrons. The highest BCUT2D eigenvalue weighted by Gasteiger charge is 2.35. The summed E-state index contributed by atoms with van der Waals surface area (Å²) in [7, 11) is 0. The standard InChI is InChI=1S/C12H12N2O3/c1-2-17-10(13)7-14-11(15)8-5-3-4-6-9(8)12(14)16/h3-6,13H,2,7H2,1H3. The Morgan fingerprint density at radius 3 is 2.24 bits per heavy atom. The molecule has 0 spiro atoms. The van der Waals surface area contributed by atoms with Gasteiger partial charge in [0.1, 0.15) is 6.54 Å². The maximum absolute atomic E-state index is 11.9. The van der Waals surface area contributed by atoms with Gasteiger partial charge in [-0.1, -0.05) is 12.1 Å². The highest BCUT2D eigenvalue weighted by Crippen LogP contribution is 2.21. The van der Waals surface area contributed by atoms with E-state index in [4.69, 9.17) is 10.1 Å². The molecule has 0 saturated heterocycles. The Morgan fingerprint density at radius 2 is 1.76 bits per heavy atom. The molecule has 0 atom stereocenters.